The molecule has 0 atom stereocenters. The standard InChI is InChI=1S/C19H31N3O/c1-4-22(5-2)17-12-13-18(15(3)14-17)21-19(23)20-16-10-8-6-7-9-11-16/h12-14,16H,4-11H2,1-3H3,(H2,20,21,23). The van der Waals surface area contributed by atoms with Gasteiger partial charge in [0.25, 0.3) is 0 Å². The van der Waals surface area contributed by atoms with E-state index >= 15 is 0 Å². The van der Waals surface area contributed by atoms with Crippen molar-refractivity contribution in [1.29, 1.82) is 0 Å². The average molecular weight is 317 g/mol. The third-order valence-electron chi connectivity index (χ3n) is 4.78. The molecule has 2 rings (SSSR count). The number of aryl methyl sites for hydroxylation is 1. The summed E-state index contributed by atoms with van der Waals surface area (Å²) in [6.07, 6.45) is 7.25. The van der Waals surface area contributed by atoms with E-state index in [2.05, 4.69) is 41.5 Å². The maximum atomic E-state index is 12.2. The number of carbonyl (C=O) groups is 1. The number of amides is 2. The number of hydrogen-bond donors (Lipinski definition) is 2. The van der Waals surface area contributed by atoms with Gasteiger partial charge in [0.05, 0.1) is 0 Å². The molecule has 128 valence electrons. The molecule has 1 aliphatic carbocycles. The van der Waals surface area contributed by atoms with Crippen LogP contribution in [0.15, 0.2) is 18.2 Å². The van der Waals surface area contributed by atoms with E-state index in [4.69, 9.17) is 0 Å². The highest BCUT2D eigenvalue weighted by Gasteiger charge is 2.15. The van der Waals surface area contributed by atoms with Crippen LogP contribution in [-0.2, 0) is 0 Å². The van der Waals surface area contributed by atoms with Gasteiger partial charge in [0.1, 0.15) is 0 Å². The fourth-order valence-electron chi connectivity index (χ4n) is 3.34. The summed E-state index contributed by atoms with van der Waals surface area (Å²) in [6, 6.07) is 6.49. The molecule has 0 aromatic heterocycles. The molecule has 2 N–H and O–H groups in total. The van der Waals surface area contributed by atoms with Crippen molar-refractivity contribution in [3.63, 3.8) is 0 Å². The zero-order chi connectivity index (χ0) is 16.7. The van der Waals surface area contributed by atoms with Crippen LogP contribution in [0.25, 0.3) is 0 Å². The third-order valence-corrected chi connectivity index (χ3v) is 4.78. The van der Waals surface area contributed by atoms with Gasteiger partial charge in [-0.3, -0.25) is 0 Å². The predicted octanol–water partition coefficient (Wildman–Crippen LogP) is 4.69. The molecule has 0 spiro atoms. The molecular formula is C19H31N3O. The lowest BCUT2D eigenvalue weighted by Gasteiger charge is -2.22. The molecule has 23 heavy (non-hydrogen) atoms. The van der Waals surface area contributed by atoms with Crippen molar-refractivity contribution in [3.05, 3.63) is 23.8 Å². The molecule has 1 aromatic rings. The summed E-state index contributed by atoms with van der Waals surface area (Å²) < 4.78 is 0. The largest absolute Gasteiger partial charge is 0.372 e. The molecule has 0 radical (unpaired) electrons. The second-order valence-corrected chi connectivity index (χ2v) is 6.46. The van der Waals surface area contributed by atoms with Gasteiger partial charge in [-0.05, 0) is 57.4 Å². The monoisotopic (exact) mass is 317 g/mol. The van der Waals surface area contributed by atoms with Crippen molar-refractivity contribution < 1.29 is 4.79 Å². The van der Waals surface area contributed by atoms with E-state index in [1.807, 2.05) is 13.0 Å². The average Bonchev–Trinajstić information content (AvgIpc) is 2.79. The SMILES string of the molecule is CCN(CC)c1ccc(NC(=O)NC2CCCCCC2)c(C)c1. The van der Waals surface area contributed by atoms with Gasteiger partial charge in [0, 0.05) is 30.5 Å². The Kier molecular flexibility index (Phi) is 6.75. The lowest BCUT2D eigenvalue weighted by molar-refractivity contribution is 0.247. The van der Waals surface area contributed by atoms with Gasteiger partial charge in [0.2, 0.25) is 0 Å². The Labute approximate surface area is 140 Å². The molecule has 1 aromatic carbocycles. The quantitative estimate of drug-likeness (QED) is 0.774. The Morgan fingerprint density at radius 3 is 2.35 bits per heavy atom. The second-order valence-electron chi connectivity index (χ2n) is 6.46. The Balaban J connectivity index is 1.95. The van der Waals surface area contributed by atoms with Crippen LogP contribution in [0.2, 0.25) is 0 Å². The molecule has 0 heterocycles. The number of anilines is 2. The lowest BCUT2D eigenvalue weighted by Crippen LogP contribution is -2.37. The summed E-state index contributed by atoms with van der Waals surface area (Å²) in [5.41, 5.74) is 3.21. The number of nitrogens with zero attached hydrogens (tertiary/aromatic N) is 1. The minimum atomic E-state index is -0.0735. The summed E-state index contributed by atoms with van der Waals surface area (Å²) >= 11 is 0. The van der Waals surface area contributed by atoms with Crippen LogP contribution in [0.3, 0.4) is 0 Å². The molecule has 0 unspecified atom stereocenters. The molecule has 4 nitrogen and oxygen atoms in total. The van der Waals surface area contributed by atoms with Gasteiger partial charge >= 0.3 is 6.03 Å². The van der Waals surface area contributed by atoms with E-state index in [1.165, 1.54) is 31.4 Å². The van der Waals surface area contributed by atoms with Gasteiger partial charge in [0.15, 0.2) is 0 Å². The highest BCUT2D eigenvalue weighted by Crippen LogP contribution is 2.23. The number of nitrogens with one attached hydrogen (secondary N) is 2. The first-order valence-electron chi connectivity index (χ1n) is 9.07. The normalized spacial score (nSPS) is 15.8. The van der Waals surface area contributed by atoms with E-state index in [0.29, 0.717) is 6.04 Å². The molecule has 1 fully saturated rings. The number of benzene rings is 1. The number of hydrogen-bond acceptors (Lipinski definition) is 2. The van der Waals surface area contributed by atoms with Crippen LogP contribution in [0.1, 0.15) is 57.9 Å². The van der Waals surface area contributed by atoms with Crippen molar-refractivity contribution in [1.82, 2.24) is 5.32 Å². The highest BCUT2D eigenvalue weighted by atomic mass is 16.2. The lowest BCUT2D eigenvalue weighted by atomic mass is 10.1. The van der Waals surface area contributed by atoms with E-state index in [9.17, 15) is 4.79 Å². The molecule has 1 aliphatic rings. The van der Waals surface area contributed by atoms with Crippen LogP contribution in [0.5, 0.6) is 0 Å². The zero-order valence-electron chi connectivity index (χ0n) is 14.8. The van der Waals surface area contributed by atoms with Gasteiger partial charge in [-0.15, -0.1) is 0 Å². The van der Waals surface area contributed by atoms with E-state index in [-0.39, 0.29) is 6.03 Å². The topological polar surface area (TPSA) is 44.4 Å². The summed E-state index contributed by atoms with van der Waals surface area (Å²) in [7, 11) is 0. The van der Waals surface area contributed by atoms with Gasteiger partial charge in [-0.1, -0.05) is 25.7 Å². The van der Waals surface area contributed by atoms with Crippen LogP contribution < -0.4 is 15.5 Å². The Hall–Kier alpha value is -1.71. The van der Waals surface area contributed by atoms with Crippen LogP contribution in [0, 0.1) is 6.92 Å². The minimum absolute atomic E-state index is 0.0735. The number of urea groups is 1. The fourth-order valence-corrected chi connectivity index (χ4v) is 3.34. The van der Waals surface area contributed by atoms with E-state index < -0.39 is 0 Å². The Morgan fingerprint density at radius 2 is 1.78 bits per heavy atom. The third kappa shape index (κ3) is 5.15. The van der Waals surface area contributed by atoms with E-state index in [1.54, 1.807) is 0 Å². The van der Waals surface area contributed by atoms with Crippen LogP contribution >= 0.6 is 0 Å². The van der Waals surface area contributed by atoms with Crippen molar-refractivity contribution in [2.24, 2.45) is 0 Å². The molecule has 4 heteroatoms. The van der Waals surface area contributed by atoms with Crippen LogP contribution in [-0.4, -0.2) is 25.2 Å². The van der Waals surface area contributed by atoms with Gasteiger partial charge in [-0.2, -0.15) is 0 Å². The number of rotatable bonds is 5. The van der Waals surface area contributed by atoms with E-state index in [0.717, 1.165) is 37.2 Å². The second kappa shape index (κ2) is 8.80. The predicted molar refractivity (Wildman–Crippen MR) is 98.4 cm³/mol. The smallest absolute Gasteiger partial charge is 0.319 e. The first kappa shape index (κ1) is 17.6. The fraction of sp³-hybridized carbons (Fsp3) is 0.632. The molecular weight excluding hydrogens is 286 g/mol. The summed E-state index contributed by atoms with van der Waals surface area (Å²) in [6.45, 7) is 8.35. The maximum absolute atomic E-state index is 12.2. The van der Waals surface area contributed by atoms with Gasteiger partial charge < -0.3 is 15.5 Å². The molecule has 0 bridgehead atoms. The minimum Gasteiger partial charge on any atom is -0.372 e. The number of carbonyl (C=O) groups excluding carboxylic acids is 1. The summed E-state index contributed by atoms with van der Waals surface area (Å²) in [5, 5.41) is 6.15. The van der Waals surface area contributed by atoms with Gasteiger partial charge in [-0.25, -0.2) is 4.79 Å². The maximum Gasteiger partial charge on any atom is 0.319 e. The summed E-state index contributed by atoms with van der Waals surface area (Å²) in [4.78, 5) is 14.6. The summed E-state index contributed by atoms with van der Waals surface area (Å²) in [5.74, 6) is 0. The van der Waals surface area contributed by atoms with Crippen molar-refractivity contribution in [3.8, 4) is 0 Å². The molecule has 0 aliphatic heterocycles. The Bertz CT molecular complexity index is 503. The first-order valence-corrected chi connectivity index (χ1v) is 9.07. The molecule has 2 amide bonds. The molecule has 0 saturated heterocycles. The van der Waals surface area contributed by atoms with Crippen molar-refractivity contribution in [2.75, 3.05) is 23.3 Å². The van der Waals surface area contributed by atoms with Crippen molar-refractivity contribution in [2.45, 2.75) is 65.3 Å². The highest BCUT2D eigenvalue weighted by molar-refractivity contribution is 5.90. The zero-order valence-corrected chi connectivity index (χ0v) is 14.8. The van der Waals surface area contributed by atoms with Crippen molar-refractivity contribution >= 4 is 17.4 Å². The molecule has 1 saturated carbocycles. The first-order chi connectivity index (χ1) is 11.1. The Morgan fingerprint density at radius 1 is 1.13 bits per heavy atom. The van der Waals surface area contributed by atoms with Crippen LogP contribution in [0.4, 0.5) is 16.2 Å².